The average molecular weight is 253 g/mol. The van der Waals surface area contributed by atoms with Crippen LogP contribution in [0.15, 0.2) is 40.8 Å². The summed E-state index contributed by atoms with van der Waals surface area (Å²) in [6.07, 6.45) is 0.731. The number of hydrogen-bond donors (Lipinski definition) is 0. The molecule has 3 heteroatoms. The van der Waals surface area contributed by atoms with Gasteiger partial charge in [-0.15, -0.1) is 0 Å². The van der Waals surface area contributed by atoms with Crippen molar-refractivity contribution in [2.75, 3.05) is 0 Å². The number of rotatable bonds is 4. The summed E-state index contributed by atoms with van der Waals surface area (Å²) >= 11 is 0. The second-order valence-corrected chi connectivity index (χ2v) is 4.46. The number of nitriles is 1. The first kappa shape index (κ1) is 13.1. The summed E-state index contributed by atoms with van der Waals surface area (Å²) in [6.45, 7) is 3.92. The molecule has 0 aliphatic heterocycles. The van der Waals surface area contributed by atoms with E-state index < -0.39 is 5.92 Å². The van der Waals surface area contributed by atoms with Crippen molar-refractivity contribution in [3.8, 4) is 6.07 Å². The van der Waals surface area contributed by atoms with Crippen molar-refractivity contribution in [2.45, 2.75) is 26.2 Å². The van der Waals surface area contributed by atoms with Gasteiger partial charge in [0, 0.05) is 6.42 Å². The van der Waals surface area contributed by atoms with Crippen molar-refractivity contribution in [2.24, 2.45) is 0 Å². The Hall–Kier alpha value is -2.34. The number of carbonyl (C=O) groups is 1. The Morgan fingerprint density at radius 1 is 1.26 bits per heavy atom. The molecule has 0 amide bonds. The normalized spacial score (nSPS) is 11.8. The molecule has 0 N–H and O–H groups in total. The Kier molecular flexibility index (Phi) is 3.82. The smallest absolute Gasteiger partial charge is 0.219 e. The summed E-state index contributed by atoms with van der Waals surface area (Å²) < 4.78 is 5.42. The van der Waals surface area contributed by atoms with Crippen LogP contribution in [-0.4, -0.2) is 5.78 Å². The minimum atomic E-state index is -0.809. The van der Waals surface area contributed by atoms with Gasteiger partial charge in [-0.05, 0) is 24.6 Å². The van der Waals surface area contributed by atoms with E-state index in [9.17, 15) is 10.1 Å². The molecule has 0 fully saturated rings. The highest BCUT2D eigenvalue weighted by atomic mass is 16.3. The molecule has 3 nitrogen and oxygen atoms in total. The molecule has 1 aromatic heterocycles. The maximum absolute atomic E-state index is 12.3. The molecule has 1 heterocycles. The Bertz CT molecular complexity index is 617. The number of furan rings is 1. The molecule has 0 bridgehead atoms. The first-order chi connectivity index (χ1) is 9.15. The van der Waals surface area contributed by atoms with Gasteiger partial charge < -0.3 is 4.42 Å². The topological polar surface area (TPSA) is 54.0 Å². The van der Waals surface area contributed by atoms with Crippen LogP contribution in [0.25, 0.3) is 0 Å². The van der Waals surface area contributed by atoms with E-state index in [4.69, 9.17) is 4.42 Å². The lowest BCUT2D eigenvalue weighted by molar-refractivity contribution is 0.0950. The second kappa shape index (κ2) is 5.53. The van der Waals surface area contributed by atoms with Crippen molar-refractivity contribution >= 4 is 5.78 Å². The third-order valence-electron chi connectivity index (χ3n) is 3.05. The molecule has 0 radical (unpaired) electrons. The predicted molar refractivity (Wildman–Crippen MR) is 71.9 cm³/mol. The highest BCUT2D eigenvalue weighted by Gasteiger charge is 2.24. The van der Waals surface area contributed by atoms with Gasteiger partial charge in [0.2, 0.25) is 5.78 Å². The number of benzene rings is 1. The van der Waals surface area contributed by atoms with Gasteiger partial charge in [-0.2, -0.15) is 5.26 Å². The summed E-state index contributed by atoms with van der Waals surface area (Å²) in [5, 5.41) is 9.23. The van der Waals surface area contributed by atoms with E-state index in [1.54, 1.807) is 12.1 Å². The SMILES string of the molecule is CCc1ccc(C(=O)C(C#N)c2ccc(C)cc2)o1. The molecule has 1 aromatic carbocycles. The van der Waals surface area contributed by atoms with Crippen LogP contribution in [0.2, 0.25) is 0 Å². The molecule has 2 rings (SSSR count). The first-order valence-electron chi connectivity index (χ1n) is 6.24. The summed E-state index contributed by atoms with van der Waals surface area (Å²) in [6, 6.07) is 12.9. The van der Waals surface area contributed by atoms with Crippen molar-refractivity contribution in [1.29, 1.82) is 5.26 Å². The molecular formula is C16H15NO2. The fourth-order valence-corrected chi connectivity index (χ4v) is 1.89. The van der Waals surface area contributed by atoms with E-state index in [-0.39, 0.29) is 11.5 Å². The number of carbonyl (C=O) groups excluding carboxylic acids is 1. The number of Topliss-reactive ketones (excluding diaryl/α,β-unsaturated/α-hetero) is 1. The average Bonchev–Trinajstić information content (AvgIpc) is 2.90. The Morgan fingerprint density at radius 3 is 2.47 bits per heavy atom. The van der Waals surface area contributed by atoms with Crippen LogP contribution in [0, 0.1) is 18.3 Å². The van der Waals surface area contributed by atoms with Crippen molar-refractivity contribution in [1.82, 2.24) is 0 Å². The van der Waals surface area contributed by atoms with Gasteiger partial charge in [0.25, 0.3) is 0 Å². The van der Waals surface area contributed by atoms with Crippen LogP contribution >= 0.6 is 0 Å². The van der Waals surface area contributed by atoms with Crippen molar-refractivity contribution < 1.29 is 9.21 Å². The van der Waals surface area contributed by atoms with E-state index in [1.165, 1.54) is 0 Å². The highest BCUT2D eigenvalue weighted by Crippen LogP contribution is 2.22. The first-order valence-corrected chi connectivity index (χ1v) is 6.24. The zero-order valence-corrected chi connectivity index (χ0v) is 11.0. The Balaban J connectivity index is 2.29. The summed E-state index contributed by atoms with van der Waals surface area (Å²) in [4.78, 5) is 12.3. The number of hydrogen-bond acceptors (Lipinski definition) is 3. The molecule has 2 aromatic rings. The zero-order chi connectivity index (χ0) is 13.8. The zero-order valence-electron chi connectivity index (χ0n) is 11.0. The highest BCUT2D eigenvalue weighted by molar-refractivity contribution is 6.00. The monoisotopic (exact) mass is 253 g/mol. The van der Waals surface area contributed by atoms with Gasteiger partial charge >= 0.3 is 0 Å². The molecule has 96 valence electrons. The van der Waals surface area contributed by atoms with Crippen LogP contribution in [0.3, 0.4) is 0 Å². The Labute approximate surface area is 112 Å². The molecular weight excluding hydrogens is 238 g/mol. The van der Waals surface area contributed by atoms with Gasteiger partial charge in [0.05, 0.1) is 6.07 Å². The van der Waals surface area contributed by atoms with E-state index in [0.717, 1.165) is 17.7 Å². The van der Waals surface area contributed by atoms with Crippen molar-refractivity contribution in [3.05, 3.63) is 59.0 Å². The van der Waals surface area contributed by atoms with E-state index in [2.05, 4.69) is 6.07 Å². The summed E-state index contributed by atoms with van der Waals surface area (Å²) in [7, 11) is 0. The van der Waals surface area contributed by atoms with Crippen LogP contribution < -0.4 is 0 Å². The Morgan fingerprint density at radius 2 is 1.95 bits per heavy atom. The standard InChI is InChI=1S/C16H15NO2/c1-3-13-8-9-15(19-13)16(18)14(10-17)12-6-4-11(2)5-7-12/h4-9,14H,3H2,1-2H3. The van der Waals surface area contributed by atoms with Crippen molar-refractivity contribution in [3.63, 3.8) is 0 Å². The largest absolute Gasteiger partial charge is 0.458 e. The lowest BCUT2D eigenvalue weighted by Crippen LogP contribution is -2.10. The number of nitrogens with zero attached hydrogens (tertiary/aromatic N) is 1. The van der Waals surface area contributed by atoms with Gasteiger partial charge in [-0.3, -0.25) is 4.79 Å². The third-order valence-corrected chi connectivity index (χ3v) is 3.05. The molecule has 0 aliphatic carbocycles. The van der Waals surface area contributed by atoms with E-state index >= 15 is 0 Å². The second-order valence-electron chi connectivity index (χ2n) is 4.46. The van der Waals surface area contributed by atoms with E-state index in [0.29, 0.717) is 5.56 Å². The van der Waals surface area contributed by atoms with Gasteiger partial charge in [-0.25, -0.2) is 0 Å². The molecule has 0 saturated heterocycles. The van der Waals surface area contributed by atoms with Crippen LogP contribution in [0.4, 0.5) is 0 Å². The van der Waals surface area contributed by atoms with Gasteiger partial charge in [0.1, 0.15) is 11.7 Å². The minimum absolute atomic E-state index is 0.254. The van der Waals surface area contributed by atoms with Crippen LogP contribution in [0.5, 0.6) is 0 Å². The molecule has 0 spiro atoms. The molecule has 0 saturated carbocycles. The maximum Gasteiger partial charge on any atom is 0.219 e. The molecule has 0 aliphatic rings. The maximum atomic E-state index is 12.3. The minimum Gasteiger partial charge on any atom is -0.458 e. The number of aryl methyl sites for hydroxylation is 2. The lowest BCUT2D eigenvalue weighted by atomic mass is 9.94. The fraction of sp³-hybridized carbons (Fsp3) is 0.250. The van der Waals surface area contributed by atoms with Crippen LogP contribution in [-0.2, 0) is 6.42 Å². The lowest BCUT2D eigenvalue weighted by Gasteiger charge is -2.07. The van der Waals surface area contributed by atoms with Gasteiger partial charge in [-0.1, -0.05) is 36.8 Å². The fourth-order valence-electron chi connectivity index (χ4n) is 1.89. The van der Waals surface area contributed by atoms with E-state index in [1.807, 2.05) is 38.1 Å². The van der Waals surface area contributed by atoms with Gasteiger partial charge in [0.15, 0.2) is 5.76 Å². The number of ketones is 1. The molecule has 1 atom stereocenters. The third kappa shape index (κ3) is 2.74. The summed E-state index contributed by atoms with van der Waals surface area (Å²) in [5.74, 6) is -0.0876. The molecule has 19 heavy (non-hydrogen) atoms. The van der Waals surface area contributed by atoms with Crippen LogP contribution in [0.1, 0.15) is 40.3 Å². The predicted octanol–water partition coefficient (Wildman–Crippen LogP) is 3.64. The quantitative estimate of drug-likeness (QED) is 0.781. The molecule has 1 unspecified atom stereocenters. The summed E-state index contributed by atoms with van der Waals surface area (Å²) in [5.41, 5.74) is 1.80.